The number of nitrogens with zero attached hydrogens (tertiary/aromatic N) is 2. The molecule has 1 aliphatic heterocycles. The number of piperidine rings is 1. The van der Waals surface area contributed by atoms with Crippen molar-refractivity contribution in [1.29, 1.82) is 0 Å². The second kappa shape index (κ2) is 9.07. The molecule has 1 aromatic carbocycles. The van der Waals surface area contributed by atoms with Crippen LogP contribution in [0.2, 0.25) is 0 Å². The van der Waals surface area contributed by atoms with Crippen LogP contribution in [0.4, 0.5) is 5.69 Å². The molecule has 6 nitrogen and oxygen atoms in total. The van der Waals surface area contributed by atoms with Gasteiger partial charge in [-0.25, -0.2) is 8.42 Å². The molecule has 2 aromatic heterocycles. The first-order chi connectivity index (χ1) is 14.5. The van der Waals surface area contributed by atoms with E-state index in [4.69, 9.17) is 0 Å². The minimum Gasteiger partial charge on any atom is -0.326 e. The van der Waals surface area contributed by atoms with Crippen LogP contribution in [0.25, 0.3) is 0 Å². The molecular weight excluding hydrogens is 418 g/mol. The van der Waals surface area contributed by atoms with E-state index in [1.807, 2.05) is 36.4 Å². The number of sulfonamides is 1. The summed E-state index contributed by atoms with van der Waals surface area (Å²) in [5, 5.41) is 4.69. The highest BCUT2D eigenvalue weighted by atomic mass is 32.2. The van der Waals surface area contributed by atoms with Gasteiger partial charge in [0.15, 0.2) is 0 Å². The van der Waals surface area contributed by atoms with Crippen molar-refractivity contribution in [3.05, 3.63) is 77.4 Å². The van der Waals surface area contributed by atoms with Crippen LogP contribution in [0.1, 0.15) is 24.0 Å². The number of anilines is 1. The van der Waals surface area contributed by atoms with E-state index in [-0.39, 0.29) is 18.4 Å². The van der Waals surface area contributed by atoms with E-state index in [1.54, 1.807) is 29.9 Å². The lowest BCUT2D eigenvalue weighted by molar-refractivity contribution is -0.120. The molecule has 1 saturated heterocycles. The van der Waals surface area contributed by atoms with Crippen LogP contribution >= 0.6 is 11.3 Å². The quantitative estimate of drug-likeness (QED) is 0.631. The average molecular weight is 442 g/mol. The summed E-state index contributed by atoms with van der Waals surface area (Å²) in [6.45, 7) is 0.667. The fraction of sp³-hybridized carbons (Fsp3) is 0.273. The lowest BCUT2D eigenvalue weighted by atomic mass is 9.98. The van der Waals surface area contributed by atoms with Gasteiger partial charge in [-0.1, -0.05) is 18.2 Å². The Hall–Kier alpha value is -2.55. The molecule has 0 spiro atoms. The van der Waals surface area contributed by atoms with Gasteiger partial charge in [0, 0.05) is 31.2 Å². The second-order valence-electron chi connectivity index (χ2n) is 7.35. The minimum absolute atomic E-state index is 0.136. The van der Waals surface area contributed by atoms with Crippen LogP contribution < -0.4 is 5.32 Å². The zero-order valence-electron chi connectivity index (χ0n) is 16.4. The highest BCUT2D eigenvalue weighted by molar-refractivity contribution is 7.91. The van der Waals surface area contributed by atoms with E-state index in [1.165, 1.54) is 21.2 Å². The molecule has 1 fully saturated rings. The van der Waals surface area contributed by atoms with Gasteiger partial charge in [-0.3, -0.25) is 9.78 Å². The van der Waals surface area contributed by atoms with E-state index >= 15 is 0 Å². The molecule has 4 rings (SSSR count). The molecule has 0 unspecified atom stereocenters. The molecule has 1 atom stereocenters. The maximum atomic E-state index is 12.8. The molecule has 0 radical (unpaired) electrons. The third-order valence-corrected chi connectivity index (χ3v) is 8.46. The predicted octanol–water partition coefficient (Wildman–Crippen LogP) is 3.77. The highest BCUT2D eigenvalue weighted by Crippen LogP contribution is 2.27. The number of carbonyl (C=O) groups is 1. The number of benzene rings is 1. The number of amides is 1. The van der Waals surface area contributed by atoms with E-state index in [0.29, 0.717) is 23.6 Å². The Morgan fingerprint density at radius 3 is 2.53 bits per heavy atom. The first kappa shape index (κ1) is 20.7. The summed E-state index contributed by atoms with van der Waals surface area (Å²) in [6.07, 6.45) is 5.71. The van der Waals surface area contributed by atoms with Crippen molar-refractivity contribution in [2.24, 2.45) is 5.92 Å². The van der Waals surface area contributed by atoms with Gasteiger partial charge in [0.1, 0.15) is 4.21 Å². The monoisotopic (exact) mass is 441 g/mol. The maximum absolute atomic E-state index is 12.8. The molecule has 3 heterocycles. The maximum Gasteiger partial charge on any atom is 0.252 e. The topological polar surface area (TPSA) is 79.4 Å². The fourth-order valence-corrected chi connectivity index (χ4v) is 6.27. The number of hydrogen-bond acceptors (Lipinski definition) is 5. The Labute approximate surface area is 180 Å². The van der Waals surface area contributed by atoms with Crippen LogP contribution in [0.15, 0.2) is 70.5 Å². The van der Waals surface area contributed by atoms with Gasteiger partial charge in [0.05, 0.1) is 5.92 Å². The zero-order chi connectivity index (χ0) is 21.0. The largest absolute Gasteiger partial charge is 0.326 e. The summed E-state index contributed by atoms with van der Waals surface area (Å²) in [5.74, 6) is -0.493. The summed E-state index contributed by atoms with van der Waals surface area (Å²) in [7, 11) is -3.53. The number of nitrogens with one attached hydrogen (secondary N) is 1. The average Bonchev–Trinajstić information content (AvgIpc) is 3.32. The van der Waals surface area contributed by atoms with Crippen LogP contribution in [0.5, 0.6) is 0 Å². The molecule has 0 saturated carbocycles. The Morgan fingerprint density at radius 2 is 1.83 bits per heavy atom. The number of hydrogen-bond donors (Lipinski definition) is 1. The summed E-state index contributed by atoms with van der Waals surface area (Å²) in [6, 6.07) is 15.1. The van der Waals surface area contributed by atoms with Crippen LogP contribution in [0, 0.1) is 5.92 Å². The van der Waals surface area contributed by atoms with E-state index in [9.17, 15) is 13.2 Å². The van der Waals surface area contributed by atoms with E-state index in [2.05, 4.69) is 10.3 Å². The summed E-state index contributed by atoms with van der Waals surface area (Å²) >= 11 is 1.20. The Balaban J connectivity index is 1.37. The third kappa shape index (κ3) is 4.77. The van der Waals surface area contributed by atoms with Crippen molar-refractivity contribution in [2.45, 2.75) is 23.5 Å². The first-order valence-corrected chi connectivity index (χ1v) is 12.2. The minimum atomic E-state index is -3.53. The third-order valence-electron chi connectivity index (χ3n) is 5.22. The summed E-state index contributed by atoms with van der Waals surface area (Å²) < 4.78 is 27.3. The van der Waals surface area contributed by atoms with Gasteiger partial charge in [-0.2, -0.15) is 4.31 Å². The number of pyridine rings is 1. The SMILES string of the molecule is O=C(Nc1ccc(Cc2ccncc2)cc1)[C@H]1CCCN(S(=O)(=O)c2cccs2)C1. The second-order valence-corrected chi connectivity index (χ2v) is 10.5. The number of carbonyl (C=O) groups excluding carboxylic acids is 1. The molecular formula is C22H23N3O3S2. The molecule has 0 aliphatic carbocycles. The van der Waals surface area contributed by atoms with Gasteiger partial charge in [0.25, 0.3) is 10.0 Å². The van der Waals surface area contributed by atoms with Gasteiger partial charge in [-0.15, -0.1) is 11.3 Å². The van der Waals surface area contributed by atoms with Crippen molar-refractivity contribution in [3.8, 4) is 0 Å². The first-order valence-electron chi connectivity index (χ1n) is 9.85. The lowest BCUT2D eigenvalue weighted by Gasteiger charge is -2.30. The van der Waals surface area contributed by atoms with E-state index < -0.39 is 10.0 Å². The fourth-order valence-electron chi connectivity index (χ4n) is 3.60. The van der Waals surface area contributed by atoms with Crippen molar-refractivity contribution in [1.82, 2.24) is 9.29 Å². The molecule has 30 heavy (non-hydrogen) atoms. The van der Waals surface area contributed by atoms with Gasteiger partial charge in [-0.05, 0) is 66.1 Å². The van der Waals surface area contributed by atoms with Gasteiger partial charge in [0.2, 0.25) is 5.91 Å². The predicted molar refractivity (Wildman–Crippen MR) is 118 cm³/mol. The van der Waals surface area contributed by atoms with Crippen molar-refractivity contribution in [2.75, 3.05) is 18.4 Å². The standard InChI is InChI=1S/C22H23N3O3S2/c26-22(19-3-1-13-25(16-19)30(27,28)21-4-2-14-29-21)24-20-7-5-17(6-8-20)15-18-9-11-23-12-10-18/h2,4-12,14,19H,1,3,13,15-16H2,(H,24,26)/t19-/m0/s1. The normalized spacial score (nSPS) is 17.5. The van der Waals surface area contributed by atoms with Crippen LogP contribution in [-0.2, 0) is 21.2 Å². The molecule has 0 bridgehead atoms. The molecule has 3 aromatic rings. The molecule has 8 heteroatoms. The lowest BCUT2D eigenvalue weighted by Crippen LogP contribution is -2.43. The van der Waals surface area contributed by atoms with Crippen molar-refractivity contribution < 1.29 is 13.2 Å². The zero-order valence-corrected chi connectivity index (χ0v) is 18.0. The molecule has 1 amide bonds. The molecule has 1 N–H and O–H groups in total. The van der Waals surface area contributed by atoms with Crippen LogP contribution in [-0.4, -0.2) is 36.7 Å². The van der Waals surface area contributed by atoms with Crippen molar-refractivity contribution in [3.63, 3.8) is 0 Å². The summed E-state index contributed by atoms with van der Waals surface area (Å²) in [5.41, 5.74) is 3.04. The Morgan fingerprint density at radius 1 is 1.10 bits per heavy atom. The molecule has 156 valence electrons. The summed E-state index contributed by atoms with van der Waals surface area (Å²) in [4.78, 5) is 16.8. The van der Waals surface area contributed by atoms with Crippen molar-refractivity contribution >= 4 is 33.0 Å². The number of thiophene rings is 1. The molecule has 1 aliphatic rings. The number of aromatic nitrogens is 1. The van der Waals surface area contributed by atoms with E-state index in [0.717, 1.165) is 17.7 Å². The van der Waals surface area contributed by atoms with Gasteiger partial charge < -0.3 is 5.32 Å². The highest BCUT2D eigenvalue weighted by Gasteiger charge is 2.33. The van der Waals surface area contributed by atoms with Crippen LogP contribution in [0.3, 0.4) is 0 Å². The number of rotatable bonds is 6. The smallest absolute Gasteiger partial charge is 0.252 e. The Kier molecular flexibility index (Phi) is 6.26. The van der Waals surface area contributed by atoms with Gasteiger partial charge >= 0.3 is 0 Å². The Bertz CT molecular complexity index is 1080.